The summed E-state index contributed by atoms with van der Waals surface area (Å²) in [6.07, 6.45) is 10.9. The van der Waals surface area contributed by atoms with Crippen molar-refractivity contribution in [2.75, 3.05) is 17.6 Å². The van der Waals surface area contributed by atoms with Crippen molar-refractivity contribution in [3.8, 4) is 11.3 Å². The fourth-order valence-corrected chi connectivity index (χ4v) is 6.43. The molecule has 2 aromatic heterocycles. The summed E-state index contributed by atoms with van der Waals surface area (Å²) in [7, 11) is 1.99. The zero-order chi connectivity index (χ0) is 27.3. The number of allylic oxidation sites excluding steroid dienone is 2. The number of aryl methyl sites for hydroxylation is 1. The van der Waals surface area contributed by atoms with Crippen LogP contribution >= 0.6 is 0 Å². The van der Waals surface area contributed by atoms with Gasteiger partial charge in [0.05, 0.1) is 11.1 Å². The molecule has 1 aromatic carbocycles. The molecule has 6 rings (SSSR count). The summed E-state index contributed by atoms with van der Waals surface area (Å²) >= 11 is 0. The van der Waals surface area contributed by atoms with Crippen molar-refractivity contribution >= 4 is 39.9 Å². The maximum Gasteiger partial charge on any atom is 0.250 e. The Bertz CT molecular complexity index is 1500. The van der Waals surface area contributed by atoms with Gasteiger partial charge in [-0.15, -0.1) is 0 Å². The molecule has 0 bridgehead atoms. The van der Waals surface area contributed by atoms with E-state index in [-0.39, 0.29) is 11.8 Å². The first kappa shape index (κ1) is 25.3. The van der Waals surface area contributed by atoms with Gasteiger partial charge < -0.3 is 20.5 Å². The molecule has 3 heterocycles. The average molecular weight is 525 g/mol. The Balaban J connectivity index is 1.33. The van der Waals surface area contributed by atoms with Gasteiger partial charge in [-0.05, 0) is 81.1 Å². The SMILES string of the molecule is C=C(C)C(=O)Nc1ccc(-c2c(C3=CC[C@@H](C(=O)N4CCC[C@H]4C4CC4)CC3)c3c(N)ncnc3n2C)cc1. The summed E-state index contributed by atoms with van der Waals surface area (Å²) in [6, 6.07) is 8.24. The predicted octanol–water partition coefficient (Wildman–Crippen LogP) is 5.32. The molecule has 1 saturated heterocycles. The summed E-state index contributed by atoms with van der Waals surface area (Å²) in [5.41, 5.74) is 12.6. The number of carbonyl (C=O) groups is 2. The fraction of sp³-hybridized carbons (Fsp3) is 0.419. The summed E-state index contributed by atoms with van der Waals surface area (Å²) in [4.78, 5) is 36.7. The molecule has 0 spiro atoms. The largest absolute Gasteiger partial charge is 0.383 e. The Hall–Kier alpha value is -3.94. The third-order valence-electron chi connectivity index (χ3n) is 8.63. The summed E-state index contributed by atoms with van der Waals surface area (Å²) < 4.78 is 2.06. The molecule has 202 valence electrons. The van der Waals surface area contributed by atoms with Crippen LogP contribution in [0.4, 0.5) is 11.5 Å². The molecule has 0 unspecified atom stereocenters. The van der Waals surface area contributed by atoms with Crippen LogP contribution in [-0.4, -0.2) is 43.8 Å². The Morgan fingerprint density at radius 2 is 1.87 bits per heavy atom. The second kappa shape index (κ2) is 9.98. The number of hydrogen-bond acceptors (Lipinski definition) is 5. The number of anilines is 2. The number of nitrogens with one attached hydrogen (secondary N) is 1. The lowest BCUT2D eigenvalue weighted by atomic mass is 9.84. The minimum atomic E-state index is -0.204. The lowest BCUT2D eigenvalue weighted by Gasteiger charge is -2.30. The van der Waals surface area contributed by atoms with E-state index in [4.69, 9.17) is 5.73 Å². The lowest BCUT2D eigenvalue weighted by Crippen LogP contribution is -2.41. The van der Waals surface area contributed by atoms with Crippen molar-refractivity contribution in [2.24, 2.45) is 18.9 Å². The number of benzene rings is 1. The van der Waals surface area contributed by atoms with E-state index in [0.717, 1.165) is 66.0 Å². The van der Waals surface area contributed by atoms with Crippen LogP contribution in [0.1, 0.15) is 57.4 Å². The predicted molar refractivity (Wildman–Crippen MR) is 155 cm³/mol. The van der Waals surface area contributed by atoms with Crippen LogP contribution in [-0.2, 0) is 16.6 Å². The molecule has 3 aliphatic rings. The average Bonchev–Trinajstić information content (AvgIpc) is 3.59. The molecule has 1 aliphatic heterocycles. The van der Waals surface area contributed by atoms with Gasteiger partial charge in [0.1, 0.15) is 17.8 Å². The highest BCUT2D eigenvalue weighted by Gasteiger charge is 2.41. The second-order valence-corrected chi connectivity index (χ2v) is 11.3. The second-order valence-electron chi connectivity index (χ2n) is 11.3. The van der Waals surface area contributed by atoms with Gasteiger partial charge in [0, 0.05) is 42.4 Å². The van der Waals surface area contributed by atoms with Crippen LogP contribution in [0.25, 0.3) is 27.9 Å². The number of likely N-dealkylation sites (tertiary alicyclic amines) is 1. The molecule has 2 fully saturated rings. The van der Waals surface area contributed by atoms with Crippen LogP contribution in [0.2, 0.25) is 0 Å². The van der Waals surface area contributed by atoms with Gasteiger partial charge in [-0.25, -0.2) is 9.97 Å². The lowest BCUT2D eigenvalue weighted by molar-refractivity contribution is -0.137. The zero-order valence-electron chi connectivity index (χ0n) is 22.7. The number of hydrogen-bond donors (Lipinski definition) is 2. The molecule has 3 N–H and O–H groups in total. The fourth-order valence-electron chi connectivity index (χ4n) is 6.43. The number of nitrogen functional groups attached to an aromatic ring is 1. The first-order valence-electron chi connectivity index (χ1n) is 14.0. The van der Waals surface area contributed by atoms with Crippen LogP contribution < -0.4 is 11.1 Å². The molecule has 8 heteroatoms. The van der Waals surface area contributed by atoms with Crippen molar-refractivity contribution in [3.05, 3.63) is 54.4 Å². The monoisotopic (exact) mass is 524 g/mol. The van der Waals surface area contributed by atoms with Gasteiger partial charge in [0.25, 0.3) is 5.91 Å². The number of carbonyl (C=O) groups excluding carboxylic acids is 2. The number of aromatic nitrogens is 3. The molecule has 0 radical (unpaired) electrons. The molecular weight excluding hydrogens is 488 g/mol. The minimum Gasteiger partial charge on any atom is -0.383 e. The summed E-state index contributed by atoms with van der Waals surface area (Å²) in [6.45, 7) is 6.30. The molecule has 39 heavy (non-hydrogen) atoms. The van der Waals surface area contributed by atoms with E-state index in [1.54, 1.807) is 6.92 Å². The maximum atomic E-state index is 13.5. The van der Waals surface area contributed by atoms with E-state index in [2.05, 4.69) is 37.4 Å². The van der Waals surface area contributed by atoms with Crippen molar-refractivity contribution in [1.29, 1.82) is 0 Å². The van der Waals surface area contributed by atoms with Gasteiger partial charge in [-0.2, -0.15) is 0 Å². The molecule has 1 saturated carbocycles. The normalized spacial score (nSPS) is 21.2. The standard InChI is InChI=1S/C31H36N6O2/c1-18(2)30(38)35-23-14-12-21(13-15-23)27-25(26-28(32)33-17-34-29(26)36(27)3)20-8-10-22(11-9-20)31(39)37-16-4-5-24(37)19-6-7-19/h8,12-15,17,19,22,24H,1,4-7,9-11,16H2,2-3H3,(H,35,38)(H2,32,33,34)/t22-,24+/m1/s1. The van der Waals surface area contributed by atoms with E-state index in [0.29, 0.717) is 29.0 Å². The Labute approximate surface area is 229 Å². The van der Waals surface area contributed by atoms with Crippen LogP contribution in [0.3, 0.4) is 0 Å². The van der Waals surface area contributed by atoms with E-state index < -0.39 is 0 Å². The number of nitrogens with two attached hydrogens (primary N) is 1. The smallest absolute Gasteiger partial charge is 0.250 e. The van der Waals surface area contributed by atoms with Gasteiger partial charge in [0.15, 0.2) is 0 Å². The molecule has 3 aromatic rings. The van der Waals surface area contributed by atoms with Gasteiger partial charge in [-0.1, -0.05) is 24.8 Å². The van der Waals surface area contributed by atoms with Crippen LogP contribution in [0.15, 0.2) is 48.8 Å². The van der Waals surface area contributed by atoms with Crippen molar-refractivity contribution in [2.45, 2.75) is 57.9 Å². The molecule has 2 aliphatic carbocycles. The highest BCUT2D eigenvalue weighted by atomic mass is 16.2. The first-order valence-corrected chi connectivity index (χ1v) is 14.0. The Kier molecular flexibility index (Phi) is 6.49. The number of fused-ring (bicyclic) bond motifs is 1. The topological polar surface area (TPSA) is 106 Å². The van der Waals surface area contributed by atoms with E-state index in [9.17, 15) is 9.59 Å². The highest BCUT2D eigenvalue weighted by molar-refractivity contribution is 6.05. The number of amides is 2. The van der Waals surface area contributed by atoms with Crippen molar-refractivity contribution in [1.82, 2.24) is 19.4 Å². The number of rotatable bonds is 6. The maximum absolute atomic E-state index is 13.5. The molecule has 8 nitrogen and oxygen atoms in total. The van der Waals surface area contributed by atoms with Crippen LogP contribution in [0, 0.1) is 11.8 Å². The van der Waals surface area contributed by atoms with Crippen LogP contribution in [0.5, 0.6) is 0 Å². The highest BCUT2D eigenvalue weighted by Crippen LogP contribution is 2.44. The van der Waals surface area contributed by atoms with E-state index in [1.165, 1.54) is 31.2 Å². The number of nitrogens with zero attached hydrogens (tertiary/aromatic N) is 4. The minimum absolute atomic E-state index is 0.0383. The molecular formula is C31H36N6O2. The zero-order valence-corrected chi connectivity index (χ0v) is 22.7. The van der Waals surface area contributed by atoms with E-state index >= 15 is 0 Å². The molecule has 2 amide bonds. The summed E-state index contributed by atoms with van der Waals surface area (Å²) in [5, 5.41) is 3.71. The van der Waals surface area contributed by atoms with E-state index in [1.807, 2.05) is 31.3 Å². The third-order valence-corrected chi connectivity index (χ3v) is 8.63. The van der Waals surface area contributed by atoms with Gasteiger partial charge in [0.2, 0.25) is 5.91 Å². The quantitative estimate of drug-likeness (QED) is 0.425. The molecule has 2 atom stereocenters. The van der Waals surface area contributed by atoms with Crippen molar-refractivity contribution in [3.63, 3.8) is 0 Å². The van der Waals surface area contributed by atoms with Gasteiger partial charge >= 0.3 is 0 Å². The van der Waals surface area contributed by atoms with Gasteiger partial charge in [-0.3, -0.25) is 9.59 Å². The first-order chi connectivity index (χ1) is 18.8. The van der Waals surface area contributed by atoms with Crippen molar-refractivity contribution < 1.29 is 9.59 Å². The third kappa shape index (κ3) is 4.62. The summed E-state index contributed by atoms with van der Waals surface area (Å²) in [5.74, 6) is 1.35. The Morgan fingerprint density at radius 3 is 2.54 bits per heavy atom. The Morgan fingerprint density at radius 1 is 1.10 bits per heavy atom.